The van der Waals surface area contributed by atoms with Crippen molar-refractivity contribution in [3.05, 3.63) is 77.1 Å². The summed E-state index contributed by atoms with van der Waals surface area (Å²) in [6, 6.07) is 15.9. The number of ether oxygens (including phenoxy) is 1. The number of amides is 1. The monoisotopic (exact) mass is 570 g/mol. The van der Waals surface area contributed by atoms with E-state index in [4.69, 9.17) is 14.7 Å². The third kappa shape index (κ3) is 6.34. The highest BCUT2D eigenvalue weighted by molar-refractivity contribution is 7.90. The first-order chi connectivity index (χ1) is 19.5. The second-order valence-electron chi connectivity index (χ2n) is 10.4. The van der Waals surface area contributed by atoms with Crippen molar-refractivity contribution in [2.75, 3.05) is 24.2 Å². The number of carbonyl (C=O) groups is 1. The summed E-state index contributed by atoms with van der Waals surface area (Å²) in [5.41, 5.74) is 3.77. The van der Waals surface area contributed by atoms with Crippen LogP contribution < -0.4 is 10.2 Å². The van der Waals surface area contributed by atoms with E-state index in [1.807, 2.05) is 26.0 Å². The predicted molar refractivity (Wildman–Crippen MR) is 155 cm³/mol. The van der Waals surface area contributed by atoms with Gasteiger partial charge in [0.25, 0.3) is 5.91 Å². The third-order valence-corrected chi connectivity index (χ3v) is 8.10. The molecule has 2 atom stereocenters. The Bertz CT molecular complexity index is 1790. The molecule has 0 saturated carbocycles. The Morgan fingerprint density at radius 1 is 1.07 bits per heavy atom. The molecule has 1 aromatic carbocycles. The van der Waals surface area contributed by atoms with E-state index >= 15 is 0 Å². The van der Waals surface area contributed by atoms with Gasteiger partial charge < -0.3 is 15.0 Å². The number of nitriles is 1. The van der Waals surface area contributed by atoms with E-state index in [2.05, 4.69) is 21.3 Å². The number of aryl methyl sites for hydroxylation is 1. The lowest BCUT2D eigenvalue weighted by Gasteiger charge is -2.36. The van der Waals surface area contributed by atoms with Crippen molar-refractivity contribution < 1.29 is 17.9 Å². The number of hydrogen-bond donors (Lipinski definition) is 1. The van der Waals surface area contributed by atoms with E-state index in [1.165, 1.54) is 6.07 Å². The maximum atomic E-state index is 12.8. The van der Waals surface area contributed by atoms with Crippen LogP contribution in [0.15, 0.2) is 59.6 Å². The summed E-state index contributed by atoms with van der Waals surface area (Å²) in [6.07, 6.45) is 2.90. The predicted octanol–water partition coefficient (Wildman–Crippen LogP) is 3.82. The van der Waals surface area contributed by atoms with Gasteiger partial charge in [-0.1, -0.05) is 6.07 Å². The second-order valence-corrected chi connectivity index (χ2v) is 12.4. The van der Waals surface area contributed by atoms with Gasteiger partial charge in [-0.05, 0) is 68.8 Å². The fraction of sp³-hybridized carbons (Fsp3) is 0.300. The van der Waals surface area contributed by atoms with E-state index in [1.54, 1.807) is 43.5 Å². The Kier molecular flexibility index (Phi) is 7.71. The largest absolute Gasteiger partial charge is 0.372 e. The number of aromatic nitrogens is 3. The zero-order valence-electron chi connectivity index (χ0n) is 23.2. The first kappa shape index (κ1) is 28.1. The summed E-state index contributed by atoms with van der Waals surface area (Å²) in [5, 5.41) is 13.3. The Morgan fingerprint density at radius 3 is 2.54 bits per heavy atom. The molecule has 4 aromatic rings. The molecule has 41 heavy (non-hydrogen) atoms. The van der Waals surface area contributed by atoms with Crippen LogP contribution in [0.25, 0.3) is 22.3 Å². The number of anilines is 1. The zero-order valence-corrected chi connectivity index (χ0v) is 24.1. The van der Waals surface area contributed by atoms with Crippen LogP contribution in [0, 0.1) is 18.3 Å². The van der Waals surface area contributed by atoms with Crippen LogP contribution in [0.5, 0.6) is 0 Å². The molecule has 1 aliphatic heterocycles. The molecule has 0 bridgehead atoms. The average Bonchev–Trinajstić information content (AvgIpc) is 2.94. The van der Waals surface area contributed by atoms with Crippen LogP contribution in [0.1, 0.15) is 41.0 Å². The Balaban J connectivity index is 1.39. The molecule has 0 radical (unpaired) electrons. The topological polar surface area (TPSA) is 138 Å². The minimum atomic E-state index is -3.46. The van der Waals surface area contributed by atoms with Gasteiger partial charge in [-0.3, -0.25) is 9.78 Å². The van der Waals surface area contributed by atoms with Crippen molar-refractivity contribution >= 4 is 32.5 Å². The van der Waals surface area contributed by atoms with Crippen molar-refractivity contribution in [2.45, 2.75) is 44.4 Å². The number of nitrogens with one attached hydrogen (secondary N) is 1. The van der Waals surface area contributed by atoms with Gasteiger partial charge in [0.15, 0.2) is 9.84 Å². The van der Waals surface area contributed by atoms with Crippen LogP contribution in [0.3, 0.4) is 0 Å². The lowest BCUT2D eigenvalue weighted by molar-refractivity contribution is -0.00545. The molecule has 4 heterocycles. The van der Waals surface area contributed by atoms with Gasteiger partial charge >= 0.3 is 0 Å². The molecule has 210 valence electrons. The summed E-state index contributed by atoms with van der Waals surface area (Å²) in [5.74, 6) is 0.298. The summed E-state index contributed by atoms with van der Waals surface area (Å²) >= 11 is 0. The van der Waals surface area contributed by atoms with Crippen LogP contribution in [-0.2, 0) is 21.1 Å². The van der Waals surface area contributed by atoms with Crippen molar-refractivity contribution in [2.24, 2.45) is 0 Å². The van der Waals surface area contributed by atoms with Crippen LogP contribution >= 0.6 is 0 Å². The van der Waals surface area contributed by atoms with E-state index in [-0.39, 0.29) is 29.2 Å². The van der Waals surface area contributed by atoms with Crippen molar-refractivity contribution in [1.82, 2.24) is 20.3 Å². The van der Waals surface area contributed by atoms with Gasteiger partial charge in [0.1, 0.15) is 5.82 Å². The molecular weight excluding hydrogens is 540 g/mol. The molecular formula is C30H30N6O4S. The summed E-state index contributed by atoms with van der Waals surface area (Å²) in [7, 11) is -3.46. The Hall–Kier alpha value is -4.40. The number of hydrogen-bond acceptors (Lipinski definition) is 9. The normalized spacial score (nSPS) is 17.3. The highest BCUT2D eigenvalue weighted by Crippen LogP contribution is 2.26. The van der Waals surface area contributed by atoms with Gasteiger partial charge in [0.05, 0.1) is 57.9 Å². The lowest BCUT2D eigenvalue weighted by atomic mass is 10.1. The number of benzene rings is 1. The molecule has 1 aliphatic rings. The molecule has 0 aliphatic carbocycles. The van der Waals surface area contributed by atoms with Crippen molar-refractivity contribution in [3.8, 4) is 17.5 Å². The highest BCUT2D eigenvalue weighted by Gasteiger charge is 2.24. The average molecular weight is 571 g/mol. The van der Waals surface area contributed by atoms with Crippen LogP contribution in [0.4, 0.5) is 5.82 Å². The number of morpholine rings is 1. The molecule has 11 heteroatoms. The summed E-state index contributed by atoms with van der Waals surface area (Å²) in [6.45, 7) is 7.21. The first-order valence-electron chi connectivity index (χ1n) is 13.2. The van der Waals surface area contributed by atoms with E-state index in [0.717, 1.165) is 11.6 Å². The van der Waals surface area contributed by atoms with Crippen molar-refractivity contribution in [3.63, 3.8) is 0 Å². The minimum absolute atomic E-state index is 0.0488. The smallest absolute Gasteiger partial charge is 0.251 e. The quantitative estimate of drug-likeness (QED) is 0.367. The Morgan fingerprint density at radius 2 is 1.83 bits per heavy atom. The number of carbonyl (C=O) groups excluding carboxylic acids is 1. The number of sulfone groups is 1. The SMILES string of the molecule is Cc1ccc(C(=O)NCc2cc3nc(-c4cc(C#N)cc(N5C[C@@H](C)O[C@@H](C)C5)n4)ccc3cn2)cc1S(C)(=O)=O. The number of nitrogens with zero attached hydrogens (tertiary/aromatic N) is 5. The first-order valence-corrected chi connectivity index (χ1v) is 15.1. The zero-order chi connectivity index (χ0) is 29.3. The van der Waals surface area contributed by atoms with Crippen LogP contribution in [0.2, 0.25) is 0 Å². The van der Waals surface area contributed by atoms with Gasteiger partial charge in [-0.15, -0.1) is 0 Å². The molecule has 0 unspecified atom stereocenters. The van der Waals surface area contributed by atoms with Crippen LogP contribution in [-0.4, -0.2) is 60.8 Å². The third-order valence-electron chi connectivity index (χ3n) is 6.86. The highest BCUT2D eigenvalue weighted by atomic mass is 32.2. The molecule has 1 saturated heterocycles. The van der Waals surface area contributed by atoms with Gasteiger partial charge in [0.2, 0.25) is 0 Å². The molecule has 5 rings (SSSR count). The molecule has 10 nitrogen and oxygen atoms in total. The Labute approximate surface area is 238 Å². The molecule has 0 spiro atoms. The van der Waals surface area contributed by atoms with Gasteiger partial charge in [-0.25, -0.2) is 18.4 Å². The minimum Gasteiger partial charge on any atom is -0.372 e. The fourth-order valence-corrected chi connectivity index (χ4v) is 5.94. The number of fused-ring (bicyclic) bond motifs is 1. The molecule has 1 N–H and O–H groups in total. The maximum absolute atomic E-state index is 12.8. The van der Waals surface area contributed by atoms with E-state index < -0.39 is 15.7 Å². The maximum Gasteiger partial charge on any atom is 0.251 e. The summed E-state index contributed by atoms with van der Waals surface area (Å²) in [4.78, 5) is 29.1. The van der Waals surface area contributed by atoms with Crippen molar-refractivity contribution in [1.29, 1.82) is 5.26 Å². The second kappa shape index (κ2) is 11.2. The number of rotatable bonds is 6. The van der Waals surface area contributed by atoms with Gasteiger partial charge in [0, 0.05) is 36.5 Å². The fourth-order valence-electron chi connectivity index (χ4n) is 4.95. The number of pyridine rings is 3. The molecule has 3 aromatic heterocycles. The van der Waals surface area contributed by atoms with E-state index in [9.17, 15) is 18.5 Å². The molecule has 1 fully saturated rings. The van der Waals surface area contributed by atoms with Gasteiger partial charge in [-0.2, -0.15) is 5.26 Å². The standard InChI is InChI=1S/C30H30N6O4S/c1-18-5-6-22(11-28(18)41(4,38)39)30(37)33-15-24-12-26-23(14-32-24)7-8-25(34-26)27-9-21(13-31)10-29(35-27)36-16-19(2)40-20(3)17-36/h5-12,14,19-20H,15-17H2,1-4H3,(H,33,37)/t19-,20+. The van der Waals surface area contributed by atoms with E-state index in [0.29, 0.717) is 52.6 Å². The summed E-state index contributed by atoms with van der Waals surface area (Å²) < 4.78 is 29.9. The lowest BCUT2D eigenvalue weighted by Crippen LogP contribution is -2.45. The molecule has 1 amide bonds.